The van der Waals surface area contributed by atoms with E-state index in [0.29, 0.717) is 13.2 Å². The van der Waals surface area contributed by atoms with Crippen LogP contribution in [0.4, 0.5) is 0 Å². The maximum absolute atomic E-state index is 5.60. The number of ether oxygens (including phenoxy) is 2. The van der Waals surface area contributed by atoms with E-state index < -0.39 is 0 Å². The average molecular weight is 327 g/mol. The van der Waals surface area contributed by atoms with Gasteiger partial charge in [-0.3, -0.25) is 0 Å². The van der Waals surface area contributed by atoms with Crippen molar-refractivity contribution in [2.45, 2.75) is 25.8 Å². The van der Waals surface area contributed by atoms with Crippen LogP contribution in [0.25, 0.3) is 0 Å². The van der Waals surface area contributed by atoms with Crippen molar-refractivity contribution in [3.05, 3.63) is 71.8 Å². The summed E-state index contributed by atoms with van der Waals surface area (Å²) in [5.41, 5.74) is 2.70. The lowest BCUT2D eigenvalue weighted by Gasteiger charge is -2.07. The van der Waals surface area contributed by atoms with Gasteiger partial charge in [-0.25, -0.2) is 0 Å². The highest BCUT2D eigenvalue weighted by molar-refractivity contribution is 5.15. The van der Waals surface area contributed by atoms with Gasteiger partial charge in [0.05, 0.1) is 13.2 Å². The van der Waals surface area contributed by atoms with E-state index in [1.165, 1.54) is 11.1 Å². The molecule has 0 aliphatic heterocycles. The minimum absolute atomic E-state index is 0.685. The molecule has 0 aromatic heterocycles. The molecule has 2 aromatic carbocycles. The number of rotatable bonds is 13. The van der Waals surface area contributed by atoms with E-state index in [0.717, 1.165) is 45.6 Å². The van der Waals surface area contributed by atoms with Gasteiger partial charge in [0.2, 0.25) is 0 Å². The lowest BCUT2D eigenvalue weighted by atomic mass is 10.1. The summed E-state index contributed by atoms with van der Waals surface area (Å²) in [5.74, 6) is 0. The number of benzene rings is 2. The molecule has 0 aliphatic carbocycles. The second-order valence-electron chi connectivity index (χ2n) is 5.83. The Balaban J connectivity index is 1.32. The highest BCUT2D eigenvalue weighted by Gasteiger charge is 1.94. The molecule has 0 saturated carbocycles. The van der Waals surface area contributed by atoms with Crippen LogP contribution in [-0.2, 0) is 22.4 Å². The fourth-order valence-electron chi connectivity index (χ4n) is 2.47. The highest BCUT2D eigenvalue weighted by Crippen LogP contribution is 2.02. The van der Waals surface area contributed by atoms with Gasteiger partial charge < -0.3 is 14.8 Å². The number of hydrogen-bond acceptors (Lipinski definition) is 3. The van der Waals surface area contributed by atoms with Gasteiger partial charge in [-0.05, 0) is 36.9 Å². The first-order chi connectivity index (χ1) is 11.9. The van der Waals surface area contributed by atoms with Gasteiger partial charge in [0.25, 0.3) is 0 Å². The van der Waals surface area contributed by atoms with Gasteiger partial charge in [0.15, 0.2) is 0 Å². The second-order valence-corrected chi connectivity index (χ2v) is 5.83. The van der Waals surface area contributed by atoms with E-state index in [-0.39, 0.29) is 0 Å². The summed E-state index contributed by atoms with van der Waals surface area (Å²) < 4.78 is 11.2. The molecule has 0 bridgehead atoms. The van der Waals surface area contributed by atoms with Crippen molar-refractivity contribution in [2.75, 3.05) is 33.0 Å². The summed E-state index contributed by atoms with van der Waals surface area (Å²) in [6.07, 6.45) is 3.17. The SMILES string of the molecule is c1ccc(CCCOCCOCCCNCc2ccccc2)cc1. The van der Waals surface area contributed by atoms with Crippen LogP contribution in [0.1, 0.15) is 24.0 Å². The summed E-state index contributed by atoms with van der Waals surface area (Å²) in [6.45, 7) is 4.86. The summed E-state index contributed by atoms with van der Waals surface area (Å²) in [6, 6.07) is 21.0. The summed E-state index contributed by atoms with van der Waals surface area (Å²) in [7, 11) is 0. The smallest absolute Gasteiger partial charge is 0.0700 e. The fourth-order valence-corrected chi connectivity index (χ4v) is 2.47. The Kier molecular flexibility index (Phi) is 9.88. The molecule has 0 saturated heterocycles. The quantitative estimate of drug-likeness (QED) is 0.567. The Morgan fingerprint density at radius 2 is 1.21 bits per heavy atom. The van der Waals surface area contributed by atoms with Crippen LogP contribution in [0.5, 0.6) is 0 Å². The maximum atomic E-state index is 5.60. The first-order valence-electron chi connectivity index (χ1n) is 8.89. The predicted octanol–water partition coefficient (Wildman–Crippen LogP) is 3.83. The lowest BCUT2D eigenvalue weighted by Crippen LogP contribution is -2.17. The first kappa shape index (κ1) is 18.7. The van der Waals surface area contributed by atoms with E-state index in [2.05, 4.69) is 59.9 Å². The van der Waals surface area contributed by atoms with Crippen LogP contribution in [0, 0.1) is 0 Å². The molecule has 3 nitrogen and oxygen atoms in total. The molecule has 0 aliphatic rings. The van der Waals surface area contributed by atoms with E-state index >= 15 is 0 Å². The molecule has 0 fully saturated rings. The molecule has 24 heavy (non-hydrogen) atoms. The summed E-state index contributed by atoms with van der Waals surface area (Å²) >= 11 is 0. The van der Waals surface area contributed by atoms with Crippen LogP contribution < -0.4 is 5.32 Å². The minimum Gasteiger partial charge on any atom is -0.379 e. The lowest BCUT2D eigenvalue weighted by molar-refractivity contribution is 0.0461. The third-order valence-corrected chi connectivity index (χ3v) is 3.78. The molecule has 0 spiro atoms. The van der Waals surface area contributed by atoms with Crippen molar-refractivity contribution in [3.8, 4) is 0 Å². The topological polar surface area (TPSA) is 30.5 Å². The zero-order valence-corrected chi connectivity index (χ0v) is 14.5. The van der Waals surface area contributed by atoms with E-state index in [1.807, 2.05) is 6.07 Å². The molecular weight excluding hydrogens is 298 g/mol. The Bertz CT molecular complexity index is 466. The molecule has 1 N–H and O–H groups in total. The maximum Gasteiger partial charge on any atom is 0.0700 e. The van der Waals surface area contributed by atoms with Crippen molar-refractivity contribution >= 4 is 0 Å². The molecule has 2 aromatic rings. The zero-order valence-electron chi connectivity index (χ0n) is 14.5. The van der Waals surface area contributed by atoms with Crippen molar-refractivity contribution in [2.24, 2.45) is 0 Å². The monoisotopic (exact) mass is 327 g/mol. The van der Waals surface area contributed by atoms with Gasteiger partial charge >= 0.3 is 0 Å². The Labute approximate surface area is 146 Å². The number of hydrogen-bond donors (Lipinski definition) is 1. The van der Waals surface area contributed by atoms with Crippen LogP contribution in [0.3, 0.4) is 0 Å². The fraction of sp³-hybridized carbons (Fsp3) is 0.429. The molecule has 2 rings (SSSR count). The van der Waals surface area contributed by atoms with Crippen LogP contribution >= 0.6 is 0 Å². The Morgan fingerprint density at radius 3 is 1.88 bits per heavy atom. The van der Waals surface area contributed by atoms with Gasteiger partial charge in [0.1, 0.15) is 0 Å². The third kappa shape index (κ3) is 8.82. The van der Waals surface area contributed by atoms with Gasteiger partial charge in [-0.1, -0.05) is 60.7 Å². The zero-order chi connectivity index (χ0) is 16.7. The van der Waals surface area contributed by atoms with Gasteiger partial charge in [0, 0.05) is 19.8 Å². The number of nitrogens with one attached hydrogen (secondary N) is 1. The normalized spacial score (nSPS) is 10.8. The largest absolute Gasteiger partial charge is 0.379 e. The molecule has 0 amide bonds. The van der Waals surface area contributed by atoms with Gasteiger partial charge in [-0.15, -0.1) is 0 Å². The van der Waals surface area contributed by atoms with Crippen molar-refractivity contribution in [1.29, 1.82) is 0 Å². The molecule has 0 heterocycles. The molecule has 3 heteroatoms. The third-order valence-electron chi connectivity index (χ3n) is 3.78. The predicted molar refractivity (Wildman–Crippen MR) is 99.2 cm³/mol. The van der Waals surface area contributed by atoms with E-state index in [4.69, 9.17) is 9.47 Å². The van der Waals surface area contributed by atoms with E-state index in [1.54, 1.807) is 0 Å². The van der Waals surface area contributed by atoms with Crippen LogP contribution in [0.15, 0.2) is 60.7 Å². The van der Waals surface area contributed by atoms with Crippen molar-refractivity contribution in [1.82, 2.24) is 5.32 Å². The first-order valence-corrected chi connectivity index (χ1v) is 8.89. The Morgan fingerprint density at radius 1 is 0.625 bits per heavy atom. The second kappa shape index (κ2) is 12.7. The van der Waals surface area contributed by atoms with E-state index in [9.17, 15) is 0 Å². The van der Waals surface area contributed by atoms with Crippen molar-refractivity contribution < 1.29 is 9.47 Å². The van der Waals surface area contributed by atoms with Crippen LogP contribution in [0.2, 0.25) is 0 Å². The molecular formula is C21H29NO2. The molecule has 130 valence electrons. The van der Waals surface area contributed by atoms with Gasteiger partial charge in [-0.2, -0.15) is 0 Å². The Hall–Kier alpha value is -1.68. The average Bonchev–Trinajstić information content (AvgIpc) is 2.64. The minimum atomic E-state index is 0.685. The summed E-state index contributed by atoms with van der Waals surface area (Å²) in [4.78, 5) is 0. The standard InChI is InChI=1S/C21H29NO2/c1-3-9-20(10-4-1)13-7-15-23-17-18-24-16-8-14-22-19-21-11-5-2-6-12-21/h1-6,9-12,22H,7-8,13-19H2. The number of aryl methyl sites for hydroxylation is 1. The van der Waals surface area contributed by atoms with Crippen LogP contribution in [-0.4, -0.2) is 33.0 Å². The highest BCUT2D eigenvalue weighted by atomic mass is 16.5. The molecule has 0 unspecified atom stereocenters. The van der Waals surface area contributed by atoms with Crippen molar-refractivity contribution in [3.63, 3.8) is 0 Å². The molecule has 0 atom stereocenters. The summed E-state index contributed by atoms with van der Waals surface area (Å²) in [5, 5.41) is 3.42. The molecule has 0 radical (unpaired) electrons.